The van der Waals surface area contributed by atoms with Crippen LogP contribution < -0.4 is 4.90 Å². The van der Waals surface area contributed by atoms with Crippen LogP contribution in [0.15, 0.2) is 18.3 Å². The summed E-state index contributed by atoms with van der Waals surface area (Å²) in [6, 6.07) is 1.43. The van der Waals surface area contributed by atoms with Crippen molar-refractivity contribution in [3.63, 3.8) is 0 Å². The molecule has 0 amide bonds. The molecule has 1 aliphatic rings. The molecule has 0 spiro atoms. The number of aromatic nitrogens is 1. The van der Waals surface area contributed by atoms with Gasteiger partial charge in [-0.15, -0.1) is 0 Å². The minimum Gasteiger partial charge on any atom is -0.480 e. The lowest BCUT2D eigenvalue weighted by molar-refractivity contribution is -0.139. The fourth-order valence-corrected chi connectivity index (χ4v) is 2.02. The van der Waals surface area contributed by atoms with E-state index in [0.29, 0.717) is 19.4 Å². The van der Waals surface area contributed by atoms with Crippen LogP contribution in [0.5, 0.6) is 0 Å². The van der Waals surface area contributed by atoms with Crippen molar-refractivity contribution in [1.82, 2.24) is 4.98 Å². The zero-order valence-electron chi connectivity index (χ0n) is 9.31. The molecule has 1 fully saturated rings. The molecule has 18 heavy (non-hydrogen) atoms. The first-order chi connectivity index (χ1) is 8.39. The fraction of sp³-hybridized carbons (Fsp3) is 0.455. The highest BCUT2D eigenvalue weighted by Gasteiger charge is 2.33. The molecular formula is C11H11F3N2O2. The third-order valence-corrected chi connectivity index (χ3v) is 2.91. The minimum atomic E-state index is -4.43. The molecule has 4 nitrogen and oxygen atoms in total. The monoisotopic (exact) mass is 260 g/mol. The van der Waals surface area contributed by atoms with Crippen LogP contribution in [0.25, 0.3) is 0 Å². The van der Waals surface area contributed by atoms with E-state index in [4.69, 9.17) is 5.11 Å². The number of carbonyl (C=O) groups is 1. The van der Waals surface area contributed by atoms with Crippen LogP contribution in [0.4, 0.5) is 19.0 Å². The van der Waals surface area contributed by atoms with Gasteiger partial charge in [-0.25, -0.2) is 9.78 Å². The van der Waals surface area contributed by atoms with Crippen LogP contribution in [-0.2, 0) is 11.0 Å². The summed E-state index contributed by atoms with van der Waals surface area (Å²) < 4.78 is 37.1. The largest absolute Gasteiger partial charge is 0.480 e. The van der Waals surface area contributed by atoms with E-state index in [1.165, 1.54) is 11.0 Å². The standard InChI is InChI=1S/C11H11F3N2O2/c12-11(13,14)7-3-4-9(15-6-7)16-5-1-2-8(16)10(17)18/h3-4,6,8H,1-2,5H2,(H,17,18). The molecule has 1 saturated heterocycles. The molecule has 1 N–H and O–H groups in total. The zero-order chi connectivity index (χ0) is 13.3. The van der Waals surface area contributed by atoms with Gasteiger partial charge in [0.15, 0.2) is 0 Å². The van der Waals surface area contributed by atoms with E-state index in [2.05, 4.69) is 4.98 Å². The fourth-order valence-electron chi connectivity index (χ4n) is 2.02. The second-order valence-corrected chi connectivity index (χ2v) is 4.09. The highest BCUT2D eigenvalue weighted by molar-refractivity contribution is 5.78. The molecule has 0 aliphatic carbocycles. The van der Waals surface area contributed by atoms with Crippen molar-refractivity contribution in [3.05, 3.63) is 23.9 Å². The molecule has 0 radical (unpaired) electrons. The number of pyridine rings is 1. The van der Waals surface area contributed by atoms with E-state index < -0.39 is 23.8 Å². The third kappa shape index (κ3) is 2.39. The second-order valence-electron chi connectivity index (χ2n) is 4.09. The van der Waals surface area contributed by atoms with Gasteiger partial charge in [0.05, 0.1) is 5.56 Å². The first-order valence-corrected chi connectivity index (χ1v) is 5.42. The molecule has 0 aromatic carbocycles. The van der Waals surface area contributed by atoms with Crippen molar-refractivity contribution in [2.75, 3.05) is 11.4 Å². The Kier molecular flexibility index (Phi) is 3.14. The maximum atomic E-state index is 12.4. The molecule has 2 heterocycles. The number of alkyl halides is 3. The maximum absolute atomic E-state index is 12.4. The van der Waals surface area contributed by atoms with Gasteiger partial charge in [0.1, 0.15) is 11.9 Å². The van der Waals surface area contributed by atoms with Crippen LogP contribution >= 0.6 is 0 Å². The van der Waals surface area contributed by atoms with Crippen LogP contribution in [0.1, 0.15) is 18.4 Å². The second kappa shape index (κ2) is 4.47. The molecule has 98 valence electrons. The third-order valence-electron chi connectivity index (χ3n) is 2.91. The lowest BCUT2D eigenvalue weighted by Crippen LogP contribution is -2.36. The molecule has 1 unspecified atom stereocenters. The van der Waals surface area contributed by atoms with E-state index in [1.54, 1.807) is 0 Å². The Morgan fingerprint density at radius 3 is 2.67 bits per heavy atom. The van der Waals surface area contributed by atoms with Crippen LogP contribution in [0, 0.1) is 0 Å². The summed E-state index contributed by atoms with van der Waals surface area (Å²) in [5, 5.41) is 8.98. The number of rotatable bonds is 2. The molecular weight excluding hydrogens is 249 g/mol. The SMILES string of the molecule is O=C(O)C1CCCN1c1ccc(C(F)(F)F)cn1. The number of anilines is 1. The molecule has 7 heteroatoms. The number of carboxylic acids is 1. The first kappa shape index (κ1) is 12.7. The van der Waals surface area contributed by atoms with Gasteiger partial charge in [-0.3, -0.25) is 0 Å². The normalized spacial score (nSPS) is 20.2. The van der Waals surface area contributed by atoms with Crippen molar-refractivity contribution >= 4 is 11.8 Å². The minimum absolute atomic E-state index is 0.271. The zero-order valence-corrected chi connectivity index (χ0v) is 9.31. The van der Waals surface area contributed by atoms with E-state index in [9.17, 15) is 18.0 Å². The van der Waals surface area contributed by atoms with Gasteiger partial charge in [0.25, 0.3) is 0 Å². The van der Waals surface area contributed by atoms with Crippen LogP contribution in [-0.4, -0.2) is 28.6 Å². The van der Waals surface area contributed by atoms with Crippen molar-refractivity contribution in [2.45, 2.75) is 25.1 Å². The van der Waals surface area contributed by atoms with Gasteiger partial charge < -0.3 is 10.0 Å². The van der Waals surface area contributed by atoms with Crippen LogP contribution in [0.2, 0.25) is 0 Å². The summed E-state index contributed by atoms with van der Waals surface area (Å²) >= 11 is 0. The summed E-state index contributed by atoms with van der Waals surface area (Å²) in [6.45, 7) is 0.495. The summed E-state index contributed by atoms with van der Waals surface area (Å²) in [5.74, 6) is -0.706. The maximum Gasteiger partial charge on any atom is 0.417 e. The molecule has 2 rings (SSSR count). The Morgan fingerprint density at radius 1 is 1.44 bits per heavy atom. The van der Waals surface area contributed by atoms with E-state index >= 15 is 0 Å². The lowest BCUT2D eigenvalue weighted by Gasteiger charge is -2.22. The summed E-state index contributed by atoms with van der Waals surface area (Å²) in [4.78, 5) is 16.2. The predicted octanol–water partition coefficient (Wildman–Crippen LogP) is 2.15. The predicted molar refractivity (Wildman–Crippen MR) is 57.2 cm³/mol. The smallest absolute Gasteiger partial charge is 0.417 e. The number of carboxylic acid groups (broad SMARTS) is 1. The van der Waals surface area contributed by atoms with E-state index in [0.717, 1.165) is 12.3 Å². The number of hydrogen-bond acceptors (Lipinski definition) is 3. The summed E-state index contributed by atoms with van der Waals surface area (Å²) in [7, 11) is 0. The Balaban J connectivity index is 2.22. The topological polar surface area (TPSA) is 53.4 Å². The number of hydrogen-bond donors (Lipinski definition) is 1. The van der Waals surface area contributed by atoms with Crippen molar-refractivity contribution in [2.24, 2.45) is 0 Å². The van der Waals surface area contributed by atoms with Crippen molar-refractivity contribution < 1.29 is 23.1 Å². The number of nitrogens with zero attached hydrogens (tertiary/aromatic N) is 2. The van der Waals surface area contributed by atoms with Gasteiger partial charge in [0.2, 0.25) is 0 Å². The number of aliphatic carboxylic acids is 1. The molecule has 1 atom stereocenters. The van der Waals surface area contributed by atoms with Gasteiger partial charge >= 0.3 is 12.1 Å². The Hall–Kier alpha value is -1.79. The van der Waals surface area contributed by atoms with Gasteiger partial charge in [-0.2, -0.15) is 13.2 Å². The highest BCUT2D eigenvalue weighted by atomic mass is 19.4. The van der Waals surface area contributed by atoms with Crippen molar-refractivity contribution in [3.8, 4) is 0 Å². The van der Waals surface area contributed by atoms with E-state index in [-0.39, 0.29) is 5.82 Å². The van der Waals surface area contributed by atoms with E-state index in [1.807, 2.05) is 0 Å². The summed E-state index contributed by atoms with van der Waals surface area (Å²) in [5.41, 5.74) is -0.836. The van der Waals surface area contributed by atoms with Gasteiger partial charge in [0, 0.05) is 12.7 Å². The highest BCUT2D eigenvalue weighted by Crippen LogP contribution is 2.30. The first-order valence-electron chi connectivity index (χ1n) is 5.42. The summed E-state index contributed by atoms with van der Waals surface area (Å²) in [6.07, 6.45) is -2.52. The molecule has 0 saturated carbocycles. The Bertz CT molecular complexity index is 445. The molecule has 0 bridgehead atoms. The lowest BCUT2D eigenvalue weighted by atomic mass is 10.2. The molecule has 1 aliphatic heterocycles. The molecule has 1 aromatic heterocycles. The van der Waals surface area contributed by atoms with Gasteiger partial charge in [-0.05, 0) is 25.0 Å². The van der Waals surface area contributed by atoms with Crippen molar-refractivity contribution in [1.29, 1.82) is 0 Å². The Morgan fingerprint density at radius 2 is 2.17 bits per heavy atom. The quantitative estimate of drug-likeness (QED) is 0.885. The molecule has 1 aromatic rings. The average Bonchev–Trinajstić information content (AvgIpc) is 2.77. The number of halogens is 3. The average molecular weight is 260 g/mol. The Labute approximate surface area is 101 Å². The van der Waals surface area contributed by atoms with Crippen LogP contribution in [0.3, 0.4) is 0 Å². The van der Waals surface area contributed by atoms with Gasteiger partial charge in [-0.1, -0.05) is 0 Å².